The number of amides is 1. The number of hydrogen-bond acceptors (Lipinski definition) is 3. The maximum absolute atomic E-state index is 11.1. The zero-order valence-electron chi connectivity index (χ0n) is 7.66. The van der Waals surface area contributed by atoms with Gasteiger partial charge in [-0.25, -0.2) is 0 Å². The Morgan fingerprint density at radius 3 is 3.00 bits per heavy atom. The van der Waals surface area contributed by atoms with Gasteiger partial charge in [0.25, 0.3) is 0 Å². The van der Waals surface area contributed by atoms with Crippen LogP contribution >= 0.6 is 22.9 Å². The molecule has 0 saturated carbocycles. The molecule has 0 atom stereocenters. The van der Waals surface area contributed by atoms with Crippen LogP contribution in [-0.2, 0) is 11.3 Å². The van der Waals surface area contributed by atoms with Crippen LogP contribution in [0.5, 0.6) is 0 Å². The summed E-state index contributed by atoms with van der Waals surface area (Å²) in [6, 6.07) is 3.83. The third-order valence-electron chi connectivity index (χ3n) is 1.72. The number of nitrogens with zero attached hydrogens (tertiary/aromatic N) is 2. The minimum absolute atomic E-state index is 0.00696. The van der Waals surface area contributed by atoms with Crippen LogP contribution in [0.3, 0.4) is 0 Å². The van der Waals surface area contributed by atoms with E-state index in [1.807, 2.05) is 6.07 Å². The predicted octanol–water partition coefficient (Wildman–Crippen LogP) is 1.82. The zero-order chi connectivity index (χ0) is 10.6. The van der Waals surface area contributed by atoms with E-state index in [4.69, 9.17) is 16.9 Å². The molecule has 1 amide bonds. The van der Waals surface area contributed by atoms with Crippen LogP contribution in [0.1, 0.15) is 10.4 Å². The second kappa shape index (κ2) is 4.99. The van der Waals surface area contributed by atoms with Crippen LogP contribution in [0.2, 0.25) is 0 Å². The molecule has 0 radical (unpaired) electrons. The van der Waals surface area contributed by atoms with Crippen LogP contribution in [0.15, 0.2) is 11.4 Å². The highest BCUT2D eigenvalue weighted by Gasteiger charge is 2.08. The average Bonchev–Trinajstić information content (AvgIpc) is 2.64. The molecule has 1 aromatic rings. The van der Waals surface area contributed by atoms with E-state index in [-0.39, 0.29) is 11.8 Å². The Balaban J connectivity index is 2.61. The monoisotopic (exact) mass is 228 g/mol. The largest absolute Gasteiger partial charge is 0.340 e. The zero-order valence-corrected chi connectivity index (χ0v) is 9.23. The lowest BCUT2D eigenvalue weighted by Gasteiger charge is -2.13. The van der Waals surface area contributed by atoms with Gasteiger partial charge in [-0.1, -0.05) is 0 Å². The van der Waals surface area contributed by atoms with Crippen LogP contribution in [0.4, 0.5) is 0 Å². The van der Waals surface area contributed by atoms with Gasteiger partial charge in [-0.3, -0.25) is 4.79 Å². The molecule has 74 valence electrons. The van der Waals surface area contributed by atoms with Gasteiger partial charge >= 0.3 is 0 Å². The number of carbonyl (C=O) groups is 1. The van der Waals surface area contributed by atoms with Gasteiger partial charge in [0.15, 0.2) is 0 Å². The molecule has 0 aromatic carbocycles. The Labute approximate surface area is 91.5 Å². The van der Waals surface area contributed by atoms with Crippen LogP contribution < -0.4 is 0 Å². The van der Waals surface area contributed by atoms with E-state index in [1.54, 1.807) is 23.4 Å². The van der Waals surface area contributed by atoms with Crippen molar-refractivity contribution in [2.45, 2.75) is 6.54 Å². The molecule has 1 heterocycles. The lowest BCUT2D eigenvalue weighted by atomic mass is 10.3. The molecular formula is C9H9ClN2OS. The van der Waals surface area contributed by atoms with Crippen molar-refractivity contribution in [2.24, 2.45) is 0 Å². The molecule has 5 heteroatoms. The van der Waals surface area contributed by atoms with Gasteiger partial charge in [0, 0.05) is 17.3 Å². The smallest absolute Gasteiger partial charge is 0.237 e. The summed E-state index contributed by atoms with van der Waals surface area (Å²) < 4.78 is 0. The molecule has 3 nitrogen and oxygen atoms in total. The van der Waals surface area contributed by atoms with Crippen molar-refractivity contribution in [2.75, 3.05) is 12.9 Å². The van der Waals surface area contributed by atoms with Crippen molar-refractivity contribution in [3.8, 4) is 6.07 Å². The van der Waals surface area contributed by atoms with Crippen LogP contribution in [0.25, 0.3) is 0 Å². The quantitative estimate of drug-likeness (QED) is 0.741. The van der Waals surface area contributed by atoms with E-state index in [2.05, 4.69) is 0 Å². The number of carbonyl (C=O) groups excluding carboxylic acids is 1. The van der Waals surface area contributed by atoms with E-state index in [0.717, 1.165) is 4.88 Å². The van der Waals surface area contributed by atoms with Gasteiger partial charge in [-0.15, -0.1) is 22.9 Å². The van der Waals surface area contributed by atoms with Crippen molar-refractivity contribution in [1.82, 2.24) is 4.90 Å². The molecule has 1 rings (SSSR count). The normalized spacial score (nSPS) is 9.50. The first-order valence-corrected chi connectivity index (χ1v) is 5.36. The number of alkyl halides is 1. The van der Waals surface area contributed by atoms with Crippen molar-refractivity contribution >= 4 is 28.8 Å². The summed E-state index contributed by atoms with van der Waals surface area (Å²) >= 11 is 6.88. The van der Waals surface area contributed by atoms with Crippen LogP contribution in [-0.4, -0.2) is 23.7 Å². The average molecular weight is 229 g/mol. The maximum Gasteiger partial charge on any atom is 0.237 e. The molecule has 14 heavy (non-hydrogen) atoms. The molecule has 0 aliphatic rings. The number of thiophene rings is 1. The lowest BCUT2D eigenvalue weighted by Crippen LogP contribution is -2.26. The van der Waals surface area contributed by atoms with Gasteiger partial charge in [0.05, 0.1) is 12.1 Å². The Hall–Kier alpha value is -1.05. The first-order valence-electron chi connectivity index (χ1n) is 3.94. The summed E-state index contributed by atoms with van der Waals surface area (Å²) in [5, 5.41) is 10.4. The Kier molecular flexibility index (Phi) is 3.93. The number of halogens is 1. The predicted molar refractivity (Wildman–Crippen MR) is 56.2 cm³/mol. The van der Waals surface area contributed by atoms with Crippen molar-refractivity contribution < 1.29 is 4.79 Å². The molecular weight excluding hydrogens is 220 g/mol. The summed E-state index contributed by atoms with van der Waals surface area (Å²) in [4.78, 5) is 13.7. The topological polar surface area (TPSA) is 44.1 Å². The van der Waals surface area contributed by atoms with E-state index in [0.29, 0.717) is 12.1 Å². The summed E-state index contributed by atoms with van der Waals surface area (Å²) in [5.74, 6) is -0.119. The number of nitriles is 1. The second-order valence-electron chi connectivity index (χ2n) is 2.80. The first-order chi connectivity index (χ1) is 6.67. The Bertz CT molecular complexity index is 369. The minimum Gasteiger partial charge on any atom is -0.340 e. The number of hydrogen-bond donors (Lipinski definition) is 0. The molecule has 0 N–H and O–H groups in total. The fraction of sp³-hybridized carbons (Fsp3) is 0.333. The second-order valence-corrected chi connectivity index (χ2v) is 4.06. The highest BCUT2D eigenvalue weighted by atomic mass is 35.5. The van der Waals surface area contributed by atoms with E-state index in [9.17, 15) is 4.79 Å². The minimum atomic E-state index is -0.112. The molecule has 0 aliphatic carbocycles. The summed E-state index contributed by atoms with van der Waals surface area (Å²) in [6.45, 7) is 0.512. The molecule has 1 aromatic heterocycles. The maximum atomic E-state index is 11.1. The third-order valence-corrected chi connectivity index (χ3v) is 2.87. The summed E-state index contributed by atoms with van der Waals surface area (Å²) in [7, 11) is 1.69. The SMILES string of the molecule is CN(Cc1cc(C#N)cs1)C(=O)CCl. The standard InChI is InChI=1S/C9H9ClN2OS/c1-12(9(13)3-10)5-8-2-7(4-11)6-14-8/h2,6H,3,5H2,1H3. The molecule has 0 bridgehead atoms. The van der Waals surface area contributed by atoms with Crippen molar-refractivity contribution in [3.05, 3.63) is 21.9 Å². The lowest BCUT2D eigenvalue weighted by molar-refractivity contribution is -0.127. The van der Waals surface area contributed by atoms with Crippen molar-refractivity contribution in [3.63, 3.8) is 0 Å². The molecule has 0 saturated heterocycles. The highest BCUT2D eigenvalue weighted by molar-refractivity contribution is 7.10. The van der Waals surface area contributed by atoms with Gasteiger partial charge in [0.1, 0.15) is 11.9 Å². The molecule has 0 spiro atoms. The van der Waals surface area contributed by atoms with E-state index in [1.165, 1.54) is 11.3 Å². The van der Waals surface area contributed by atoms with E-state index >= 15 is 0 Å². The Morgan fingerprint density at radius 1 is 1.79 bits per heavy atom. The van der Waals surface area contributed by atoms with Crippen LogP contribution in [0, 0.1) is 11.3 Å². The van der Waals surface area contributed by atoms with Crippen molar-refractivity contribution in [1.29, 1.82) is 5.26 Å². The van der Waals surface area contributed by atoms with Gasteiger partial charge < -0.3 is 4.90 Å². The number of rotatable bonds is 3. The van der Waals surface area contributed by atoms with Gasteiger partial charge in [-0.2, -0.15) is 5.26 Å². The fourth-order valence-corrected chi connectivity index (χ4v) is 2.01. The van der Waals surface area contributed by atoms with Gasteiger partial charge in [-0.05, 0) is 6.07 Å². The first kappa shape index (κ1) is 11.0. The van der Waals surface area contributed by atoms with E-state index < -0.39 is 0 Å². The third kappa shape index (κ3) is 2.72. The highest BCUT2D eigenvalue weighted by Crippen LogP contribution is 2.15. The van der Waals surface area contributed by atoms with Gasteiger partial charge in [0.2, 0.25) is 5.91 Å². The fourth-order valence-electron chi connectivity index (χ4n) is 0.946. The Morgan fingerprint density at radius 2 is 2.50 bits per heavy atom. The molecule has 0 fully saturated rings. The molecule has 0 unspecified atom stereocenters. The summed E-state index contributed by atoms with van der Waals surface area (Å²) in [6.07, 6.45) is 0. The summed E-state index contributed by atoms with van der Waals surface area (Å²) in [5.41, 5.74) is 0.636. The molecule has 0 aliphatic heterocycles.